The van der Waals surface area contributed by atoms with E-state index in [0.29, 0.717) is 11.1 Å². The largest absolute Gasteiger partial charge is 0.344 e. The fourth-order valence-corrected chi connectivity index (χ4v) is 4.82. The van der Waals surface area contributed by atoms with Crippen LogP contribution in [-0.2, 0) is 19.9 Å². The maximum atomic E-state index is 13.8. The Balaban J connectivity index is 1.43. The third-order valence-corrected chi connectivity index (χ3v) is 6.52. The number of fused-ring (bicyclic) bond motifs is 1. The van der Waals surface area contributed by atoms with Crippen LogP contribution in [0.5, 0.6) is 0 Å². The third kappa shape index (κ3) is 3.82. The quantitative estimate of drug-likeness (QED) is 0.547. The molecule has 0 aliphatic carbocycles. The first-order valence-electron chi connectivity index (χ1n) is 11.5. The van der Waals surface area contributed by atoms with Crippen LogP contribution < -0.4 is 10.7 Å². The molecule has 36 heavy (non-hydrogen) atoms. The fraction of sp³-hybridized carbons (Fsp3) is 0.143. The molecule has 1 fully saturated rings. The minimum absolute atomic E-state index is 0.137. The summed E-state index contributed by atoms with van der Waals surface area (Å²) in [5, 5.41) is 3.53. The fourth-order valence-electron chi connectivity index (χ4n) is 4.82. The van der Waals surface area contributed by atoms with Crippen molar-refractivity contribution in [3.8, 4) is 0 Å². The number of nitrogens with zero attached hydrogens (tertiary/aromatic N) is 2. The second-order valence-electron chi connectivity index (χ2n) is 8.68. The van der Waals surface area contributed by atoms with Gasteiger partial charge >= 0.3 is 6.03 Å². The lowest BCUT2D eigenvalue weighted by molar-refractivity contribution is -0.139. The molecular weight excluding hydrogens is 456 g/mol. The Bertz CT molecular complexity index is 1330. The van der Waals surface area contributed by atoms with E-state index in [1.165, 1.54) is 11.8 Å². The molecule has 0 saturated carbocycles. The van der Waals surface area contributed by atoms with Gasteiger partial charge in [-0.15, -0.1) is 0 Å². The first-order valence-corrected chi connectivity index (χ1v) is 11.5. The third-order valence-electron chi connectivity index (χ3n) is 6.52. The summed E-state index contributed by atoms with van der Waals surface area (Å²) in [6.45, 7) is 1.43. The van der Waals surface area contributed by atoms with E-state index in [2.05, 4.69) is 10.7 Å². The molecule has 0 bridgehead atoms. The molecule has 0 aromatic heterocycles. The van der Waals surface area contributed by atoms with Crippen LogP contribution in [0.25, 0.3) is 6.08 Å². The Kier molecular flexibility index (Phi) is 5.85. The molecule has 8 heteroatoms. The summed E-state index contributed by atoms with van der Waals surface area (Å²) in [5.74, 6) is -1.41. The van der Waals surface area contributed by atoms with E-state index in [9.17, 15) is 19.2 Å². The number of nitrogens with one attached hydrogen (secondary N) is 2. The summed E-state index contributed by atoms with van der Waals surface area (Å²) < 4.78 is 0. The van der Waals surface area contributed by atoms with Gasteiger partial charge in [0.15, 0.2) is 5.54 Å². The van der Waals surface area contributed by atoms with Gasteiger partial charge in [0, 0.05) is 13.1 Å². The van der Waals surface area contributed by atoms with Gasteiger partial charge in [-0.05, 0) is 28.3 Å². The Hall–Kier alpha value is -4.72. The second kappa shape index (κ2) is 9.14. The van der Waals surface area contributed by atoms with Crippen LogP contribution in [0.3, 0.4) is 0 Å². The van der Waals surface area contributed by atoms with Crippen molar-refractivity contribution < 1.29 is 19.2 Å². The summed E-state index contributed by atoms with van der Waals surface area (Å²) in [4.78, 5) is 53.8. The Labute approximate surface area is 208 Å². The van der Waals surface area contributed by atoms with Gasteiger partial charge in [-0.2, -0.15) is 5.01 Å². The van der Waals surface area contributed by atoms with Crippen molar-refractivity contribution in [1.82, 2.24) is 20.7 Å². The maximum Gasteiger partial charge on any atom is 0.344 e. The number of imide groups is 1. The lowest BCUT2D eigenvalue weighted by atomic mass is 9.83. The number of rotatable bonds is 5. The van der Waals surface area contributed by atoms with Crippen molar-refractivity contribution >= 4 is 29.8 Å². The summed E-state index contributed by atoms with van der Waals surface area (Å²) in [6, 6.07) is 24.0. The zero-order valence-electron chi connectivity index (χ0n) is 19.5. The first-order chi connectivity index (χ1) is 17.4. The number of hydrogen-bond acceptors (Lipinski definition) is 4. The van der Waals surface area contributed by atoms with Crippen molar-refractivity contribution in [1.29, 1.82) is 0 Å². The van der Waals surface area contributed by atoms with Crippen LogP contribution in [0.2, 0.25) is 0 Å². The van der Waals surface area contributed by atoms with Crippen molar-refractivity contribution in [2.24, 2.45) is 0 Å². The molecular formula is C28H24N4O4. The van der Waals surface area contributed by atoms with Gasteiger partial charge in [-0.3, -0.25) is 19.8 Å². The van der Waals surface area contributed by atoms with Crippen molar-refractivity contribution in [2.75, 3.05) is 0 Å². The monoisotopic (exact) mass is 480 g/mol. The van der Waals surface area contributed by atoms with Crippen LogP contribution in [0.15, 0.2) is 91.1 Å². The molecule has 5 rings (SSSR count). The number of hydrogen-bond donors (Lipinski definition) is 2. The highest BCUT2D eigenvalue weighted by atomic mass is 16.2. The molecule has 5 amide bonds. The van der Waals surface area contributed by atoms with Gasteiger partial charge in [-0.1, -0.05) is 84.9 Å². The van der Waals surface area contributed by atoms with Crippen molar-refractivity contribution in [2.45, 2.75) is 24.9 Å². The van der Waals surface area contributed by atoms with E-state index in [1.54, 1.807) is 54.7 Å². The predicted molar refractivity (Wildman–Crippen MR) is 133 cm³/mol. The molecule has 3 aromatic rings. The van der Waals surface area contributed by atoms with Crippen LogP contribution in [-0.4, -0.2) is 33.7 Å². The summed E-state index contributed by atoms with van der Waals surface area (Å²) in [5.41, 5.74) is 3.84. The van der Waals surface area contributed by atoms with Gasteiger partial charge in [0.25, 0.3) is 5.91 Å². The normalized spacial score (nSPS) is 18.0. The Morgan fingerprint density at radius 3 is 2.08 bits per heavy atom. The second-order valence-corrected chi connectivity index (χ2v) is 8.68. The zero-order valence-corrected chi connectivity index (χ0v) is 19.5. The lowest BCUT2D eigenvalue weighted by Crippen LogP contribution is -2.49. The molecule has 2 aliphatic rings. The molecule has 1 atom stereocenters. The van der Waals surface area contributed by atoms with Gasteiger partial charge < -0.3 is 10.2 Å². The molecule has 2 aliphatic heterocycles. The topological polar surface area (TPSA) is 98.8 Å². The smallest absolute Gasteiger partial charge is 0.314 e. The van der Waals surface area contributed by atoms with Gasteiger partial charge in [0.2, 0.25) is 11.8 Å². The van der Waals surface area contributed by atoms with Gasteiger partial charge in [0.05, 0.1) is 12.5 Å². The highest BCUT2D eigenvalue weighted by Crippen LogP contribution is 2.36. The molecule has 2 heterocycles. The number of amides is 5. The number of hydrazine groups is 1. The van der Waals surface area contributed by atoms with E-state index in [0.717, 1.165) is 16.1 Å². The minimum atomic E-state index is -1.49. The minimum Gasteiger partial charge on any atom is -0.314 e. The molecule has 3 aromatic carbocycles. The van der Waals surface area contributed by atoms with Crippen LogP contribution in [0.1, 0.15) is 41.6 Å². The molecule has 8 nitrogen and oxygen atoms in total. The number of benzene rings is 3. The molecule has 1 saturated heterocycles. The van der Waals surface area contributed by atoms with E-state index < -0.39 is 29.4 Å². The molecule has 0 radical (unpaired) electrons. The van der Waals surface area contributed by atoms with E-state index in [4.69, 9.17) is 0 Å². The summed E-state index contributed by atoms with van der Waals surface area (Å²) in [6.07, 6.45) is 3.32. The van der Waals surface area contributed by atoms with E-state index in [-0.39, 0.29) is 12.3 Å². The lowest BCUT2D eigenvalue weighted by Gasteiger charge is -2.32. The number of carbonyl (C=O) groups excluding carboxylic acids is 4. The Morgan fingerprint density at radius 1 is 0.889 bits per heavy atom. The SMILES string of the molecule is CC(=O)N1C=Cc2ccccc2[C@H]1CC(=O)NN1C(=O)NC(c2ccccc2)(c2ccccc2)C1=O. The summed E-state index contributed by atoms with van der Waals surface area (Å²) in [7, 11) is 0. The molecule has 180 valence electrons. The van der Waals surface area contributed by atoms with Crippen molar-refractivity contribution in [3.63, 3.8) is 0 Å². The number of carbonyl (C=O) groups is 4. The zero-order chi connectivity index (χ0) is 25.3. The maximum absolute atomic E-state index is 13.8. The van der Waals surface area contributed by atoms with Crippen molar-refractivity contribution in [3.05, 3.63) is 113 Å². The standard InChI is InChI=1S/C28H24N4O4/c1-19(33)31-17-16-20-10-8-9-15-23(20)24(31)18-25(34)30-32-26(35)28(29-27(32)36,21-11-4-2-5-12-21)22-13-6-3-7-14-22/h2-17,24H,18H2,1H3,(H,29,36)(H,30,34)/t24-/m1/s1. The summed E-state index contributed by atoms with van der Waals surface area (Å²) >= 11 is 0. The number of urea groups is 1. The highest BCUT2D eigenvalue weighted by molar-refractivity contribution is 6.10. The van der Waals surface area contributed by atoms with E-state index in [1.807, 2.05) is 42.5 Å². The molecule has 0 unspecified atom stereocenters. The molecule has 0 spiro atoms. The van der Waals surface area contributed by atoms with Crippen LogP contribution in [0, 0.1) is 0 Å². The van der Waals surface area contributed by atoms with Crippen LogP contribution >= 0.6 is 0 Å². The first kappa shape index (κ1) is 23.0. The average molecular weight is 481 g/mol. The Morgan fingerprint density at radius 2 is 1.47 bits per heavy atom. The molecule has 2 N–H and O–H groups in total. The van der Waals surface area contributed by atoms with E-state index >= 15 is 0 Å². The van der Waals surface area contributed by atoms with Gasteiger partial charge in [0.1, 0.15) is 0 Å². The van der Waals surface area contributed by atoms with Gasteiger partial charge in [-0.25, -0.2) is 4.79 Å². The van der Waals surface area contributed by atoms with Crippen LogP contribution in [0.4, 0.5) is 4.79 Å². The average Bonchev–Trinajstić information content (AvgIpc) is 3.15. The predicted octanol–water partition coefficient (Wildman–Crippen LogP) is 3.48. The highest BCUT2D eigenvalue weighted by Gasteiger charge is 2.54.